The van der Waals surface area contributed by atoms with Gasteiger partial charge >= 0.3 is 0 Å². The Hall–Kier alpha value is -3.31. The smallest absolute Gasteiger partial charge is 0.262 e. The Morgan fingerprint density at radius 3 is 2.63 bits per heavy atom. The van der Waals surface area contributed by atoms with Gasteiger partial charge in [0.1, 0.15) is 11.3 Å². The number of carbonyl (C=O) groups excluding carboxylic acids is 1. The number of hydrogen-bond donors (Lipinski definition) is 1. The normalized spacial score (nSPS) is 10.7. The summed E-state index contributed by atoms with van der Waals surface area (Å²) in [7, 11) is 0. The number of oxazole rings is 1. The van der Waals surface area contributed by atoms with Crippen LogP contribution in [0.4, 0.5) is 5.69 Å². The van der Waals surface area contributed by atoms with E-state index in [1.165, 1.54) is 0 Å². The van der Waals surface area contributed by atoms with Gasteiger partial charge in [-0.25, -0.2) is 4.98 Å². The third kappa shape index (κ3) is 3.93. The number of hydrogen-bond acceptors (Lipinski definition) is 4. The monoisotopic (exact) mass is 378 g/mol. The molecule has 0 aliphatic heterocycles. The number of benzene rings is 3. The van der Waals surface area contributed by atoms with E-state index in [1.54, 1.807) is 42.5 Å². The first-order valence-corrected chi connectivity index (χ1v) is 8.70. The van der Waals surface area contributed by atoms with Gasteiger partial charge in [0.25, 0.3) is 5.91 Å². The number of carbonyl (C=O) groups is 1. The Morgan fingerprint density at radius 1 is 1.04 bits per heavy atom. The van der Waals surface area contributed by atoms with Crippen molar-refractivity contribution in [3.63, 3.8) is 0 Å². The lowest BCUT2D eigenvalue weighted by Gasteiger charge is -2.08. The lowest BCUT2D eigenvalue weighted by Crippen LogP contribution is -2.20. The van der Waals surface area contributed by atoms with E-state index < -0.39 is 0 Å². The van der Waals surface area contributed by atoms with Gasteiger partial charge < -0.3 is 14.5 Å². The third-order valence-electron chi connectivity index (χ3n) is 3.89. The standard InChI is InChI=1S/C21H15ClN2O3/c22-16-8-4-5-9-18(16)26-13-20(25)23-15-10-11-19-17(12-15)24-21(27-19)14-6-2-1-3-7-14/h1-12H,13H2,(H,23,25). The molecule has 0 aliphatic carbocycles. The van der Waals surface area contributed by atoms with Crippen LogP contribution in [0.1, 0.15) is 0 Å². The van der Waals surface area contributed by atoms with E-state index in [0.717, 1.165) is 5.56 Å². The number of fused-ring (bicyclic) bond motifs is 1. The zero-order valence-electron chi connectivity index (χ0n) is 14.2. The summed E-state index contributed by atoms with van der Waals surface area (Å²) in [5.41, 5.74) is 2.83. The van der Waals surface area contributed by atoms with Gasteiger partial charge in [0, 0.05) is 11.3 Å². The molecule has 0 atom stereocenters. The van der Waals surface area contributed by atoms with Crippen LogP contribution in [0.25, 0.3) is 22.6 Å². The van der Waals surface area contributed by atoms with Gasteiger partial charge in [-0.05, 0) is 42.5 Å². The maximum absolute atomic E-state index is 12.1. The lowest BCUT2D eigenvalue weighted by atomic mass is 10.2. The van der Waals surface area contributed by atoms with Crippen molar-refractivity contribution in [2.45, 2.75) is 0 Å². The predicted molar refractivity (Wildman–Crippen MR) is 105 cm³/mol. The Morgan fingerprint density at radius 2 is 1.81 bits per heavy atom. The van der Waals surface area contributed by atoms with Crippen molar-refractivity contribution in [1.29, 1.82) is 0 Å². The molecule has 0 radical (unpaired) electrons. The molecule has 0 fully saturated rings. The first kappa shape index (κ1) is 17.1. The number of nitrogens with one attached hydrogen (secondary N) is 1. The van der Waals surface area contributed by atoms with Crippen molar-refractivity contribution in [1.82, 2.24) is 4.98 Å². The average Bonchev–Trinajstić information content (AvgIpc) is 3.11. The molecular formula is C21H15ClN2O3. The lowest BCUT2D eigenvalue weighted by molar-refractivity contribution is -0.118. The summed E-state index contributed by atoms with van der Waals surface area (Å²) in [6.07, 6.45) is 0. The highest BCUT2D eigenvalue weighted by molar-refractivity contribution is 6.32. The van der Waals surface area contributed by atoms with E-state index in [1.807, 2.05) is 30.3 Å². The van der Waals surface area contributed by atoms with Crippen LogP contribution in [-0.4, -0.2) is 17.5 Å². The Kier molecular flexibility index (Phi) is 4.77. The summed E-state index contributed by atoms with van der Waals surface area (Å²) >= 11 is 6.01. The van der Waals surface area contributed by atoms with Crippen molar-refractivity contribution in [3.05, 3.63) is 77.8 Å². The number of para-hydroxylation sites is 1. The maximum Gasteiger partial charge on any atom is 0.262 e. The summed E-state index contributed by atoms with van der Waals surface area (Å²) in [4.78, 5) is 16.6. The first-order valence-electron chi connectivity index (χ1n) is 8.32. The van der Waals surface area contributed by atoms with Crippen molar-refractivity contribution in [2.24, 2.45) is 0 Å². The van der Waals surface area contributed by atoms with Gasteiger partial charge in [0.2, 0.25) is 5.89 Å². The molecule has 1 N–H and O–H groups in total. The largest absolute Gasteiger partial charge is 0.482 e. The topological polar surface area (TPSA) is 64.4 Å². The van der Waals surface area contributed by atoms with Crippen LogP contribution in [0.15, 0.2) is 77.2 Å². The first-order chi connectivity index (χ1) is 13.2. The second-order valence-corrected chi connectivity index (χ2v) is 6.24. The van der Waals surface area contributed by atoms with E-state index >= 15 is 0 Å². The Bertz CT molecular complexity index is 1090. The molecular weight excluding hydrogens is 364 g/mol. The van der Waals surface area contributed by atoms with Gasteiger partial charge in [-0.3, -0.25) is 4.79 Å². The van der Waals surface area contributed by atoms with Crippen LogP contribution in [0.3, 0.4) is 0 Å². The third-order valence-corrected chi connectivity index (χ3v) is 4.20. The molecule has 134 valence electrons. The number of nitrogens with zero attached hydrogens (tertiary/aromatic N) is 1. The highest BCUT2D eigenvalue weighted by atomic mass is 35.5. The van der Waals surface area contributed by atoms with Gasteiger partial charge in [0.05, 0.1) is 5.02 Å². The van der Waals surface area contributed by atoms with Crippen LogP contribution in [0.5, 0.6) is 5.75 Å². The molecule has 6 heteroatoms. The molecule has 1 heterocycles. The zero-order valence-corrected chi connectivity index (χ0v) is 14.9. The minimum absolute atomic E-state index is 0.143. The number of anilines is 1. The van der Waals surface area contributed by atoms with E-state index in [4.69, 9.17) is 20.8 Å². The van der Waals surface area contributed by atoms with Crippen LogP contribution in [0.2, 0.25) is 5.02 Å². The van der Waals surface area contributed by atoms with Crippen LogP contribution in [-0.2, 0) is 4.79 Å². The SMILES string of the molecule is O=C(COc1ccccc1Cl)Nc1ccc2oc(-c3ccccc3)nc2c1. The number of aromatic nitrogens is 1. The van der Waals surface area contributed by atoms with Crippen molar-refractivity contribution >= 4 is 34.3 Å². The summed E-state index contributed by atoms with van der Waals surface area (Å²) < 4.78 is 11.2. The van der Waals surface area contributed by atoms with Crippen molar-refractivity contribution in [3.8, 4) is 17.2 Å². The van der Waals surface area contributed by atoms with E-state index in [2.05, 4.69) is 10.3 Å². The fourth-order valence-electron chi connectivity index (χ4n) is 2.61. The quantitative estimate of drug-likeness (QED) is 0.520. The minimum Gasteiger partial charge on any atom is -0.482 e. The van der Waals surface area contributed by atoms with Crippen LogP contribution in [0, 0.1) is 0 Å². The molecule has 1 amide bonds. The van der Waals surface area contributed by atoms with Crippen LogP contribution >= 0.6 is 11.6 Å². The van der Waals surface area contributed by atoms with Gasteiger partial charge in [-0.2, -0.15) is 0 Å². The number of ether oxygens (including phenoxy) is 1. The minimum atomic E-state index is -0.291. The number of amides is 1. The molecule has 0 unspecified atom stereocenters. The van der Waals surface area contributed by atoms with E-state index in [0.29, 0.717) is 33.4 Å². The Balaban J connectivity index is 1.46. The fraction of sp³-hybridized carbons (Fsp3) is 0.0476. The molecule has 4 aromatic rings. The highest BCUT2D eigenvalue weighted by Crippen LogP contribution is 2.26. The fourth-order valence-corrected chi connectivity index (χ4v) is 2.80. The van der Waals surface area contributed by atoms with Gasteiger partial charge in [-0.1, -0.05) is 41.9 Å². The van der Waals surface area contributed by atoms with Gasteiger partial charge in [0.15, 0.2) is 12.2 Å². The molecule has 3 aromatic carbocycles. The van der Waals surface area contributed by atoms with E-state index in [9.17, 15) is 4.79 Å². The molecule has 0 aliphatic rings. The average molecular weight is 379 g/mol. The summed E-state index contributed by atoms with van der Waals surface area (Å²) in [5, 5.41) is 3.25. The summed E-state index contributed by atoms with van der Waals surface area (Å²) in [6, 6.07) is 22.0. The maximum atomic E-state index is 12.1. The zero-order chi connectivity index (χ0) is 18.6. The predicted octanol–water partition coefficient (Wildman–Crippen LogP) is 5.17. The second kappa shape index (κ2) is 7.51. The van der Waals surface area contributed by atoms with E-state index in [-0.39, 0.29) is 12.5 Å². The van der Waals surface area contributed by atoms with Gasteiger partial charge in [-0.15, -0.1) is 0 Å². The van der Waals surface area contributed by atoms with Crippen molar-refractivity contribution in [2.75, 3.05) is 11.9 Å². The number of halogens is 1. The molecule has 0 saturated heterocycles. The Labute approximate surface area is 160 Å². The second-order valence-electron chi connectivity index (χ2n) is 5.83. The number of rotatable bonds is 5. The summed E-state index contributed by atoms with van der Waals surface area (Å²) in [6.45, 7) is -0.143. The summed E-state index contributed by atoms with van der Waals surface area (Å²) in [5.74, 6) is 0.714. The molecule has 5 nitrogen and oxygen atoms in total. The molecule has 4 rings (SSSR count). The van der Waals surface area contributed by atoms with Crippen molar-refractivity contribution < 1.29 is 13.9 Å². The molecule has 0 bridgehead atoms. The molecule has 0 spiro atoms. The molecule has 0 saturated carbocycles. The molecule has 1 aromatic heterocycles. The van der Waals surface area contributed by atoms with Crippen LogP contribution < -0.4 is 10.1 Å². The molecule has 27 heavy (non-hydrogen) atoms. The highest BCUT2D eigenvalue weighted by Gasteiger charge is 2.10.